The van der Waals surface area contributed by atoms with Crippen molar-refractivity contribution in [2.24, 2.45) is 7.05 Å². The van der Waals surface area contributed by atoms with Gasteiger partial charge in [0, 0.05) is 36.5 Å². The molecule has 0 fully saturated rings. The van der Waals surface area contributed by atoms with Gasteiger partial charge >= 0.3 is 0 Å². The monoisotopic (exact) mass is 279 g/mol. The summed E-state index contributed by atoms with van der Waals surface area (Å²) in [5.74, 6) is -0.986. The second kappa shape index (κ2) is 6.13. The Kier molecular flexibility index (Phi) is 4.49. The van der Waals surface area contributed by atoms with Crippen molar-refractivity contribution in [3.05, 3.63) is 53.4 Å². The predicted molar refractivity (Wildman–Crippen MR) is 74.3 cm³/mol. The number of nitrogens with zero attached hydrogens (tertiary/aromatic N) is 2. The largest absolute Gasteiger partial charge is 0.307 e. The first kappa shape index (κ1) is 14.7. The van der Waals surface area contributed by atoms with E-state index in [1.165, 1.54) is 18.2 Å². The fourth-order valence-electron chi connectivity index (χ4n) is 2.28. The second-order valence-electron chi connectivity index (χ2n) is 5.14. The molecule has 2 rings (SSSR count). The van der Waals surface area contributed by atoms with E-state index in [9.17, 15) is 8.78 Å². The van der Waals surface area contributed by atoms with Gasteiger partial charge < -0.3 is 5.32 Å². The van der Waals surface area contributed by atoms with Crippen molar-refractivity contribution in [3.8, 4) is 0 Å². The lowest BCUT2D eigenvalue weighted by Gasteiger charge is -2.19. The van der Waals surface area contributed by atoms with Crippen LogP contribution in [0.1, 0.15) is 31.0 Å². The molecule has 0 bridgehead atoms. The Hall–Kier alpha value is -1.75. The molecular formula is C15H19F2N3. The molecule has 0 saturated carbocycles. The first-order chi connectivity index (χ1) is 9.47. The molecule has 0 amide bonds. The Bertz CT molecular complexity index is 560. The summed E-state index contributed by atoms with van der Waals surface area (Å²) in [6, 6.07) is 3.99. The first-order valence-electron chi connectivity index (χ1n) is 6.65. The normalized spacial score (nSPS) is 14.2. The van der Waals surface area contributed by atoms with Crippen LogP contribution in [0.2, 0.25) is 0 Å². The van der Waals surface area contributed by atoms with Gasteiger partial charge in [-0.05, 0) is 32.4 Å². The van der Waals surface area contributed by atoms with Crippen LogP contribution in [-0.4, -0.2) is 15.8 Å². The first-order valence-corrected chi connectivity index (χ1v) is 6.65. The third-order valence-electron chi connectivity index (χ3n) is 3.33. The Labute approximate surface area is 117 Å². The molecular weight excluding hydrogens is 260 g/mol. The smallest absolute Gasteiger partial charge is 0.129 e. The van der Waals surface area contributed by atoms with Crippen molar-refractivity contribution in [1.82, 2.24) is 15.1 Å². The van der Waals surface area contributed by atoms with E-state index in [-0.39, 0.29) is 17.6 Å². The van der Waals surface area contributed by atoms with E-state index in [0.717, 1.165) is 5.56 Å². The van der Waals surface area contributed by atoms with Crippen LogP contribution in [0.3, 0.4) is 0 Å². The van der Waals surface area contributed by atoms with E-state index in [1.54, 1.807) is 10.9 Å². The molecule has 1 aromatic heterocycles. The molecule has 2 atom stereocenters. The maximum atomic E-state index is 13.6. The lowest BCUT2D eigenvalue weighted by Crippen LogP contribution is -2.31. The second-order valence-corrected chi connectivity index (χ2v) is 5.14. The Balaban J connectivity index is 2.00. The number of halogens is 2. The highest BCUT2D eigenvalue weighted by atomic mass is 19.1. The van der Waals surface area contributed by atoms with Gasteiger partial charge in [-0.1, -0.05) is 6.07 Å². The van der Waals surface area contributed by atoms with Crippen molar-refractivity contribution in [1.29, 1.82) is 0 Å². The van der Waals surface area contributed by atoms with Crippen LogP contribution < -0.4 is 5.32 Å². The average molecular weight is 279 g/mol. The van der Waals surface area contributed by atoms with Gasteiger partial charge in [0.15, 0.2) is 0 Å². The lowest BCUT2D eigenvalue weighted by molar-refractivity contribution is 0.457. The maximum absolute atomic E-state index is 13.6. The van der Waals surface area contributed by atoms with Gasteiger partial charge in [-0.15, -0.1) is 0 Å². The predicted octanol–water partition coefficient (Wildman–Crippen LogP) is 2.98. The van der Waals surface area contributed by atoms with Gasteiger partial charge in [0.25, 0.3) is 0 Å². The number of hydrogen-bond donors (Lipinski definition) is 1. The highest BCUT2D eigenvalue weighted by Crippen LogP contribution is 2.16. The van der Waals surface area contributed by atoms with Crippen LogP contribution in [0.25, 0.3) is 0 Å². The summed E-state index contributed by atoms with van der Waals surface area (Å²) in [4.78, 5) is 0. The topological polar surface area (TPSA) is 29.9 Å². The van der Waals surface area contributed by atoms with E-state index in [1.807, 2.05) is 27.1 Å². The Morgan fingerprint density at radius 3 is 2.45 bits per heavy atom. The molecule has 3 nitrogen and oxygen atoms in total. The summed E-state index contributed by atoms with van der Waals surface area (Å²) < 4.78 is 28.9. The van der Waals surface area contributed by atoms with E-state index >= 15 is 0 Å². The van der Waals surface area contributed by atoms with Crippen LogP contribution in [0.5, 0.6) is 0 Å². The number of aromatic nitrogens is 2. The summed E-state index contributed by atoms with van der Waals surface area (Å²) in [5, 5.41) is 7.44. The van der Waals surface area contributed by atoms with Crippen LogP contribution >= 0.6 is 0 Å². The van der Waals surface area contributed by atoms with Gasteiger partial charge in [0.05, 0.1) is 6.20 Å². The molecule has 5 heteroatoms. The standard InChI is InChI=1S/C15H19F2N3/c1-10(7-13-14(16)5-4-6-15(13)17)19-11(2)12-8-18-20(3)9-12/h4-6,8-11,19H,7H2,1-3H3. The molecule has 1 N–H and O–H groups in total. The molecule has 0 aliphatic rings. The molecule has 2 aromatic rings. The minimum atomic E-state index is -0.493. The molecule has 0 saturated heterocycles. The van der Waals surface area contributed by atoms with Crippen molar-refractivity contribution in [2.45, 2.75) is 32.4 Å². The quantitative estimate of drug-likeness (QED) is 0.912. The van der Waals surface area contributed by atoms with Crippen LogP contribution in [0.4, 0.5) is 8.78 Å². The van der Waals surface area contributed by atoms with E-state index in [0.29, 0.717) is 6.42 Å². The van der Waals surface area contributed by atoms with Crippen molar-refractivity contribution < 1.29 is 8.78 Å². The Morgan fingerprint density at radius 1 is 1.25 bits per heavy atom. The summed E-state index contributed by atoms with van der Waals surface area (Å²) in [6.07, 6.45) is 4.02. The van der Waals surface area contributed by atoms with Crippen molar-refractivity contribution >= 4 is 0 Å². The SMILES string of the molecule is CC(Cc1c(F)cccc1F)NC(C)c1cnn(C)c1. The van der Waals surface area contributed by atoms with Gasteiger partial charge in [-0.3, -0.25) is 4.68 Å². The third kappa shape index (κ3) is 3.42. The molecule has 2 unspecified atom stereocenters. The molecule has 0 aliphatic heterocycles. The summed E-state index contributed by atoms with van der Waals surface area (Å²) in [5.41, 5.74) is 1.18. The fourth-order valence-corrected chi connectivity index (χ4v) is 2.28. The summed E-state index contributed by atoms with van der Waals surface area (Å²) in [6.45, 7) is 3.92. The zero-order valence-electron chi connectivity index (χ0n) is 11.9. The van der Waals surface area contributed by atoms with E-state index < -0.39 is 11.6 Å². The van der Waals surface area contributed by atoms with Crippen LogP contribution in [-0.2, 0) is 13.5 Å². The lowest BCUT2D eigenvalue weighted by atomic mass is 10.0. The fraction of sp³-hybridized carbons (Fsp3) is 0.400. The molecule has 0 spiro atoms. The minimum Gasteiger partial charge on any atom is -0.307 e. The van der Waals surface area contributed by atoms with E-state index in [4.69, 9.17) is 0 Å². The van der Waals surface area contributed by atoms with Gasteiger partial charge in [-0.2, -0.15) is 5.10 Å². The number of nitrogens with one attached hydrogen (secondary N) is 1. The minimum absolute atomic E-state index is 0.0448. The van der Waals surface area contributed by atoms with Crippen molar-refractivity contribution in [2.75, 3.05) is 0 Å². The molecule has 0 aliphatic carbocycles. The number of hydrogen-bond acceptors (Lipinski definition) is 2. The van der Waals surface area contributed by atoms with Crippen LogP contribution in [0.15, 0.2) is 30.6 Å². The third-order valence-corrected chi connectivity index (χ3v) is 3.33. The zero-order valence-corrected chi connectivity index (χ0v) is 11.9. The highest BCUT2D eigenvalue weighted by Gasteiger charge is 2.15. The Morgan fingerprint density at radius 2 is 1.90 bits per heavy atom. The summed E-state index contributed by atoms with van der Waals surface area (Å²) >= 11 is 0. The summed E-state index contributed by atoms with van der Waals surface area (Å²) in [7, 11) is 1.86. The van der Waals surface area contributed by atoms with Crippen LogP contribution in [0, 0.1) is 11.6 Å². The van der Waals surface area contributed by atoms with E-state index in [2.05, 4.69) is 10.4 Å². The number of aryl methyl sites for hydroxylation is 1. The molecule has 0 radical (unpaired) electrons. The average Bonchev–Trinajstić information content (AvgIpc) is 2.81. The molecule has 1 heterocycles. The molecule has 1 aromatic carbocycles. The maximum Gasteiger partial charge on any atom is 0.129 e. The number of benzene rings is 1. The number of rotatable bonds is 5. The van der Waals surface area contributed by atoms with Gasteiger partial charge in [0.2, 0.25) is 0 Å². The molecule has 20 heavy (non-hydrogen) atoms. The van der Waals surface area contributed by atoms with Gasteiger partial charge in [0.1, 0.15) is 11.6 Å². The zero-order chi connectivity index (χ0) is 14.7. The van der Waals surface area contributed by atoms with Gasteiger partial charge in [-0.25, -0.2) is 8.78 Å². The van der Waals surface area contributed by atoms with Crippen molar-refractivity contribution in [3.63, 3.8) is 0 Å². The highest BCUT2D eigenvalue weighted by molar-refractivity contribution is 5.21. The molecule has 108 valence electrons.